The maximum Gasteiger partial charge on any atom is 0.191 e. The number of aliphatic imine (C=N–C) groups is 1. The Bertz CT molecular complexity index is 941. The molecule has 7 nitrogen and oxygen atoms in total. The normalized spacial score (nSPS) is 11.7. The quantitative estimate of drug-likeness (QED) is 0.534. The van der Waals surface area contributed by atoms with Crippen LogP contribution in [0.1, 0.15) is 22.6 Å². The van der Waals surface area contributed by atoms with Crippen LogP contribution in [0.3, 0.4) is 0 Å². The molecule has 0 atom stereocenters. The van der Waals surface area contributed by atoms with E-state index in [1.54, 1.807) is 7.05 Å². The topological polar surface area (TPSA) is 78.6 Å². The van der Waals surface area contributed by atoms with E-state index in [1.807, 2.05) is 51.0 Å². The summed E-state index contributed by atoms with van der Waals surface area (Å²) in [6.07, 6.45) is 0. The molecule has 142 valence electrons. The SMILES string of the molecule is CN=C(NCc1c(C)noc1C)NCc1cc(N(C)C)nc2ccccc12. The second-order valence-corrected chi connectivity index (χ2v) is 6.63. The zero-order valence-electron chi connectivity index (χ0n) is 16.5. The average Bonchev–Trinajstić information content (AvgIpc) is 2.99. The summed E-state index contributed by atoms with van der Waals surface area (Å²) < 4.78 is 5.21. The summed E-state index contributed by atoms with van der Waals surface area (Å²) in [6, 6.07) is 10.3. The van der Waals surface area contributed by atoms with E-state index in [0.717, 1.165) is 39.7 Å². The van der Waals surface area contributed by atoms with Gasteiger partial charge in [-0.2, -0.15) is 0 Å². The van der Waals surface area contributed by atoms with Crippen molar-refractivity contribution in [1.82, 2.24) is 20.8 Å². The molecular formula is C20H26N6O. The van der Waals surface area contributed by atoms with E-state index in [4.69, 9.17) is 9.51 Å². The number of anilines is 1. The number of aromatic nitrogens is 2. The molecule has 0 aliphatic heterocycles. The zero-order valence-corrected chi connectivity index (χ0v) is 16.5. The smallest absolute Gasteiger partial charge is 0.191 e. The van der Waals surface area contributed by atoms with Gasteiger partial charge in [0.1, 0.15) is 11.6 Å². The molecule has 0 aliphatic rings. The number of benzene rings is 1. The van der Waals surface area contributed by atoms with Gasteiger partial charge >= 0.3 is 0 Å². The Hall–Kier alpha value is -3.09. The van der Waals surface area contributed by atoms with Crippen molar-refractivity contribution in [2.45, 2.75) is 26.9 Å². The largest absolute Gasteiger partial charge is 0.363 e. The number of guanidine groups is 1. The summed E-state index contributed by atoms with van der Waals surface area (Å²) in [7, 11) is 5.76. The number of hydrogen-bond acceptors (Lipinski definition) is 5. The summed E-state index contributed by atoms with van der Waals surface area (Å²) in [4.78, 5) is 11.0. The van der Waals surface area contributed by atoms with Crippen LogP contribution in [0.5, 0.6) is 0 Å². The molecule has 0 radical (unpaired) electrons. The van der Waals surface area contributed by atoms with Crippen molar-refractivity contribution in [1.29, 1.82) is 0 Å². The van der Waals surface area contributed by atoms with E-state index in [0.29, 0.717) is 13.1 Å². The Kier molecular flexibility index (Phi) is 5.59. The predicted molar refractivity (Wildman–Crippen MR) is 109 cm³/mol. The molecule has 2 N–H and O–H groups in total. The number of fused-ring (bicyclic) bond motifs is 1. The van der Waals surface area contributed by atoms with Gasteiger partial charge in [-0.05, 0) is 31.5 Å². The number of pyridine rings is 1. The van der Waals surface area contributed by atoms with Crippen molar-refractivity contribution in [2.75, 3.05) is 26.0 Å². The van der Waals surface area contributed by atoms with Gasteiger partial charge in [-0.3, -0.25) is 4.99 Å². The lowest BCUT2D eigenvalue weighted by Crippen LogP contribution is -2.36. The molecule has 0 saturated carbocycles. The van der Waals surface area contributed by atoms with Gasteiger partial charge in [0.15, 0.2) is 5.96 Å². The Balaban J connectivity index is 1.74. The van der Waals surface area contributed by atoms with Crippen molar-refractivity contribution >= 4 is 22.7 Å². The second kappa shape index (κ2) is 8.07. The molecule has 27 heavy (non-hydrogen) atoms. The third-order valence-electron chi connectivity index (χ3n) is 4.53. The monoisotopic (exact) mass is 366 g/mol. The minimum Gasteiger partial charge on any atom is -0.363 e. The first-order valence-electron chi connectivity index (χ1n) is 8.92. The maximum absolute atomic E-state index is 5.21. The first-order chi connectivity index (χ1) is 13.0. The molecule has 7 heteroatoms. The van der Waals surface area contributed by atoms with Gasteiger partial charge < -0.3 is 20.1 Å². The van der Waals surface area contributed by atoms with Crippen molar-refractivity contribution in [3.63, 3.8) is 0 Å². The summed E-state index contributed by atoms with van der Waals surface area (Å²) in [5, 5.41) is 11.8. The Morgan fingerprint density at radius 2 is 1.89 bits per heavy atom. The molecule has 2 heterocycles. The number of nitrogens with zero attached hydrogens (tertiary/aromatic N) is 4. The van der Waals surface area contributed by atoms with Gasteiger partial charge in [-0.15, -0.1) is 0 Å². The van der Waals surface area contributed by atoms with Gasteiger partial charge in [0, 0.05) is 45.2 Å². The highest BCUT2D eigenvalue weighted by atomic mass is 16.5. The summed E-state index contributed by atoms with van der Waals surface area (Å²) >= 11 is 0. The minimum atomic E-state index is 0.612. The highest BCUT2D eigenvalue weighted by molar-refractivity contribution is 5.85. The van der Waals surface area contributed by atoms with E-state index in [2.05, 4.69) is 32.9 Å². The molecule has 0 amide bonds. The average molecular weight is 366 g/mol. The molecule has 3 aromatic rings. The molecule has 1 aromatic carbocycles. The van der Waals surface area contributed by atoms with Crippen LogP contribution < -0.4 is 15.5 Å². The van der Waals surface area contributed by atoms with Crippen molar-refractivity contribution in [3.8, 4) is 0 Å². The van der Waals surface area contributed by atoms with Crippen LogP contribution in [0.15, 0.2) is 39.8 Å². The Morgan fingerprint density at radius 3 is 2.56 bits per heavy atom. The van der Waals surface area contributed by atoms with Crippen LogP contribution >= 0.6 is 0 Å². The lowest BCUT2D eigenvalue weighted by Gasteiger charge is -2.17. The minimum absolute atomic E-state index is 0.612. The Morgan fingerprint density at radius 1 is 1.15 bits per heavy atom. The number of rotatable bonds is 5. The number of aryl methyl sites for hydroxylation is 2. The second-order valence-electron chi connectivity index (χ2n) is 6.63. The molecule has 2 aromatic heterocycles. The van der Waals surface area contributed by atoms with Gasteiger partial charge in [0.05, 0.1) is 11.2 Å². The van der Waals surface area contributed by atoms with Crippen LogP contribution in [0.25, 0.3) is 10.9 Å². The van der Waals surface area contributed by atoms with Gasteiger partial charge in [-0.25, -0.2) is 4.98 Å². The first kappa shape index (κ1) is 18.7. The Labute approximate surface area is 159 Å². The zero-order chi connectivity index (χ0) is 19.4. The summed E-state index contributed by atoms with van der Waals surface area (Å²) in [6.45, 7) is 5.11. The lowest BCUT2D eigenvalue weighted by atomic mass is 10.1. The van der Waals surface area contributed by atoms with Crippen molar-refractivity contribution in [3.05, 3.63) is 52.9 Å². The molecule has 3 rings (SSSR count). The lowest BCUT2D eigenvalue weighted by molar-refractivity contribution is 0.392. The van der Waals surface area contributed by atoms with Crippen molar-refractivity contribution < 1.29 is 4.52 Å². The van der Waals surface area contributed by atoms with Gasteiger partial charge in [-0.1, -0.05) is 23.4 Å². The van der Waals surface area contributed by atoms with E-state index in [9.17, 15) is 0 Å². The molecule has 0 saturated heterocycles. The van der Waals surface area contributed by atoms with E-state index in [-0.39, 0.29) is 0 Å². The molecule has 0 spiro atoms. The first-order valence-corrected chi connectivity index (χ1v) is 8.92. The molecule has 0 aliphatic carbocycles. The summed E-state index contributed by atoms with van der Waals surface area (Å²) in [5.74, 6) is 2.48. The number of para-hydroxylation sites is 1. The van der Waals surface area contributed by atoms with Crippen LogP contribution in [-0.2, 0) is 13.1 Å². The van der Waals surface area contributed by atoms with Crippen LogP contribution in [-0.4, -0.2) is 37.2 Å². The van der Waals surface area contributed by atoms with Crippen molar-refractivity contribution in [2.24, 2.45) is 4.99 Å². The molecule has 0 unspecified atom stereocenters. The third-order valence-corrected chi connectivity index (χ3v) is 4.53. The third kappa shape index (κ3) is 4.19. The van der Waals surface area contributed by atoms with E-state index >= 15 is 0 Å². The molecular weight excluding hydrogens is 340 g/mol. The molecule has 0 bridgehead atoms. The van der Waals surface area contributed by atoms with Gasteiger partial charge in [0.2, 0.25) is 0 Å². The highest BCUT2D eigenvalue weighted by Crippen LogP contribution is 2.22. The predicted octanol–water partition coefficient (Wildman–Crippen LogP) is 2.77. The number of nitrogens with one attached hydrogen (secondary N) is 2. The highest BCUT2D eigenvalue weighted by Gasteiger charge is 2.11. The van der Waals surface area contributed by atoms with E-state index < -0.39 is 0 Å². The van der Waals surface area contributed by atoms with Crippen LogP contribution in [0.2, 0.25) is 0 Å². The standard InChI is InChI=1S/C20H26N6O/c1-13-17(14(2)27-25-13)12-23-20(21-3)22-11-15-10-19(26(4)5)24-18-9-7-6-8-16(15)18/h6-10H,11-12H2,1-5H3,(H2,21,22,23). The molecule has 0 fully saturated rings. The fourth-order valence-electron chi connectivity index (χ4n) is 2.93. The fraction of sp³-hybridized carbons (Fsp3) is 0.350. The fourth-order valence-corrected chi connectivity index (χ4v) is 2.93. The maximum atomic E-state index is 5.21. The van der Waals surface area contributed by atoms with Crippen LogP contribution in [0, 0.1) is 13.8 Å². The van der Waals surface area contributed by atoms with Gasteiger partial charge in [0.25, 0.3) is 0 Å². The van der Waals surface area contributed by atoms with Crippen LogP contribution in [0.4, 0.5) is 5.82 Å². The van der Waals surface area contributed by atoms with E-state index in [1.165, 1.54) is 5.56 Å². The summed E-state index contributed by atoms with van der Waals surface area (Å²) in [5.41, 5.74) is 4.11. The number of hydrogen-bond donors (Lipinski definition) is 2.